The van der Waals surface area contributed by atoms with E-state index >= 15 is 0 Å². The first-order chi connectivity index (χ1) is 14.2. The minimum Gasteiger partial charge on any atom is -0.233 e. The van der Waals surface area contributed by atoms with Gasteiger partial charge in [0.05, 0.1) is 22.5 Å². The van der Waals surface area contributed by atoms with E-state index in [4.69, 9.17) is 12.2 Å². The average molecular weight is 598 g/mol. The molecular formula is C23H11O4PSW. The molecule has 0 aliphatic heterocycles. The summed E-state index contributed by atoms with van der Waals surface area (Å²) in [4.78, 5) is 47.6. The van der Waals surface area contributed by atoms with Crippen LogP contribution in [0.25, 0.3) is 0 Å². The summed E-state index contributed by atoms with van der Waals surface area (Å²) in [7, 11) is 0. The largest absolute Gasteiger partial charge is 0.233 e. The number of thiocarbonyl (C=S) groups is 1. The Hall–Kier alpha value is -2.90. The van der Waals surface area contributed by atoms with Crippen molar-refractivity contribution < 1.29 is 40.2 Å². The second kappa shape index (κ2) is 10.2. The summed E-state index contributed by atoms with van der Waals surface area (Å²) in [6, 6.07) is 19.1. The number of hydrogen-bond acceptors (Lipinski definition) is 5. The maximum atomic E-state index is 12.6. The first-order valence-electron chi connectivity index (χ1n) is 8.31. The van der Waals surface area contributed by atoms with Crippen molar-refractivity contribution in [1.82, 2.24) is 0 Å². The van der Waals surface area contributed by atoms with E-state index in [-0.39, 0.29) is 47.2 Å². The van der Waals surface area contributed by atoms with Gasteiger partial charge in [0.2, 0.25) is 0 Å². The van der Waals surface area contributed by atoms with E-state index in [0.29, 0.717) is 10.6 Å². The zero-order chi connectivity index (χ0) is 20.9. The molecule has 0 N–H and O–H groups in total. The van der Waals surface area contributed by atoms with Gasteiger partial charge in [-0.05, 0) is 33.9 Å². The number of rotatable bonds is 3. The molecule has 0 aliphatic rings. The molecule has 3 aromatic carbocycles. The van der Waals surface area contributed by atoms with Crippen molar-refractivity contribution in [2.24, 2.45) is 0 Å². The minimum absolute atomic E-state index is 0. The van der Waals surface area contributed by atoms with Crippen molar-refractivity contribution in [1.29, 1.82) is 0 Å². The third kappa shape index (κ3) is 3.78. The standard InChI is InChI=1S/C23H11O4PS.W/c24-12-20-17(15-29)11-23(22(14-26)21(20)13-25)28(16-27,18-7-3-1-4-8-18)19-9-5-2-6-10-19;/h1-11H;. The normalized spacial score (nSPS) is 9.73. The molecule has 30 heavy (non-hydrogen) atoms. The summed E-state index contributed by atoms with van der Waals surface area (Å²) in [6.45, 7) is -3.16. The molecule has 3 aromatic rings. The molecule has 0 aromatic heterocycles. The molecule has 0 spiro atoms. The molecule has 7 heteroatoms. The van der Waals surface area contributed by atoms with Crippen LogP contribution in [0.2, 0.25) is 0 Å². The Labute approximate surface area is 190 Å². The quantitative estimate of drug-likeness (QED) is 0.254. The van der Waals surface area contributed by atoms with E-state index in [1.807, 2.05) is 0 Å². The van der Waals surface area contributed by atoms with Crippen molar-refractivity contribution in [2.75, 3.05) is 0 Å². The van der Waals surface area contributed by atoms with Gasteiger partial charge >= 0.3 is 0 Å². The van der Waals surface area contributed by atoms with Crippen molar-refractivity contribution in [3.63, 3.8) is 0 Å². The molecule has 4 nitrogen and oxygen atoms in total. The van der Waals surface area contributed by atoms with Crippen LogP contribution in [-0.4, -0.2) is 28.5 Å². The third-order valence-corrected chi connectivity index (χ3v) is 8.22. The average Bonchev–Trinajstić information content (AvgIpc) is 2.80. The molecule has 0 saturated carbocycles. The van der Waals surface area contributed by atoms with Gasteiger partial charge in [-0.2, -0.15) is 0 Å². The summed E-state index contributed by atoms with van der Waals surface area (Å²) >= 11 is 4.87. The Kier molecular flexibility index (Phi) is 7.97. The minimum atomic E-state index is -3.16. The molecule has 0 unspecified atom stereocenters. The summed E-state index contributed by atoms with van der Waals surface area (Å²) in [5, 5.41) is 3.14. The van der Waals surface area contributed by atoms with Crippen molar-refractivity contribution in [3.8, 4) is 0 Å². The predicted octanol–water partition coefficient (Wildman–Crippen LogP) is -2.17. The molecule has 0 heterocycles. The third-order valence-electron chi connectivity index (χ3n) is 4.51. The second-order valence-corrected chi connectivity index (χ2v) is 9.15. The van der Waals surface area contributed by atoms with Crippen molar-refractivity contribution >= 4 is 63.5 Å². The van der Waals surface area contributed by atoms with E-state index < -0.39 is 6.89 Å². The summed E-state index contributed by atoms with van der Waals surface area (Å²) in [5.41, 5.74) is 2.17. The SMILES string of the molecule is O=C=c1c(P(=C=O)(c2ccccc2)c2ccccc2)cc(=C=S)c(=C=O)c1=C=O.[W]. The van der Waals surface area contributed by atoms with Gasteiger partial charge in [-0.3, -0.25) is 0 Å². The molecule has 0 bridgehead atoms. The fourth-order valence-electron chi connectivity index (χ4n) is 3.21. The van der Waals surface area contributed by atoms with E-state index in [1.54, 1.807) is 78.5 Å². The van der Waals surface area contributed by atoms with Crippen LogP contribution < -0.4 is 36.8 Å². The Morgan fingerprint density at radius 3 is 1.50 bits per heavy atom. The number of benzene rings is 3. The van der Waals surface area contributed by atoms with Crippen LogP contribution in [0.1, 0.15) is 0 Å². The van der Waals surface area contributed by atoms with Crippen LogP contribution >= 0.6 is 19.1 Å². The van der Waals surface area contributed by atoms with Crippen LogP contribution in [0.5, 0.6) is 0 Å². The molecule has 0 radical (unpaired) electrons. The van der Waals surface area contributed by atoms with E-state index in [1.165, 1.54) is 6.07 Å². The predicted molar refractivity (Wildman–Crippen MR) is 115 cm³/mol. The van der Waals surface area contributed by atoms with Crippen LogP contribution in [0.3, 0.4) is 0 Å². The summed E-state index contributed by atoms with van der Waals surface area (Å²) in [6.07, 6.45) is 0. The Morgan fingerprint density at radius 2 is 1.13 bits per heavy atom. The van der Waals surface area contributed by atoms with Gasteiger partial charge in [-0.25, -0.2) is 19.2 Å². The van der Waals surface area contributed by atoms with Crippen molar-refractivity contribution in [2.45, 2.75) is 0 Å². The molecule has 0 saturated heterocycles. The smallest absolute Gasteiger partial charge is 0.135 e. The van der Waals surface area contributed by atoms with Gasteiger partial charge in [-0.15, -0.1) is 0 Å². The maximum Gasteiger partial charge on any atom is 0.135 e. The van der Waals surface area contributed by atoms with E-state index in [0.717, 1.165) is 0 Å². The molecule has 3 rings (SSSR count). The van der Waals surface area contributed by atoms with Gasteiger partial charge in [0.15, 0.2) is 0 Å². The van der Waals surface area contributed by atoms with Crippen LogP contribution in [-0.2, 0) is 40.2 Å². The maximum absolute atomic E-state index is 12.6. The molecule has 0 amide bonds. The van der Waals surface area contributed by atoms with Gasteiger partial charge in [0.25, 0.3) is 0 Å². The molecule has 0 atom stereocenters. The Bertz CT molecular complexity index is 1480. The Balaban J connectivity index is 0.00000320. The fourth-order valence-corrected chi connectivity index (χ4v) is 6.59. The van der Waals surface area contributed by atoms with Gasteiger partial charge < -0.3 is 0 Å². The van der Waals surface area contributed by atoms with E-state index in [9.17, 15) is 19.2 Å². The topological polar surface area (TPSA) is 68.3 Å². The number of hydrogen-bond donors (Lipinski definition) is 0. The first-order valence-corrected chi connectivity index (χ1v) is 10.5. The van der Waals surface area contributed by atoms with Crippen molar-refractivity contribution in [3.05, 3.63) is 87.6 Å². The van der Waals surface area contributed by atoms with Crippen LogP contribution in [0.4, 0.5) is 0 Å². The van der Waals surface area contributed by atoms with E-state index in [2.05, 4.69) is 10.7 Å². The molecule has 0 aliphatic carbocycles. The van der Waals surface area contributed by atoms with Gasteiger partial charge in [-0.1, -0.05) is 60.7 Å². The van der Waals surface area contributed by atoms with Crippen LogP contribution in [0, 0.1) is 0 Å². The zero-order valence-corrected chi connectivity index (χ0v) is 19.9. The second-order valence-electron chi connectivity index (χ2n) is 5.91. The summed E-state index contributed by atoms with van der Waals surface area (Å²) in [5.74, 6) is 4.93. The fraction of sp³-hybridized carbons (Fsp3) is 0. The number of carbonyl (C=O) groups excluding carboxylic acids is 4. The zero-order valence-electron chi connectivity index (χ0n) is 15.2. The molecule has 0 fully saturated rings. The Morgan fingerprint density at radius 1 is 0.667 bits per heavy atom. The van der Waals surface area contributed by atoms with Gasteiger partial charge in [0, 0.05) is 31.6 Å². The monoisotopic (exact) mass is 598 g/mol. The van der Waals surface area contributed by atoms with Crippen LogP contribution in [0.15, 0.2) is 66.7 Å². The molecular weight excluding hydrogens is 587 g/mol. The van der Waals surface area contributed by atoms with Gasteiger partial charge in [0.1, 0.15) is 23.5 Å². The summed E-state index contributed by atoms with van der Waals surface area (Å²) < 4.78 is 0. The molecule has 144 valence electrons. The first kappa shape index (κ1) is 23.4.